The van der Waals surface area contributed by atoms with Crippen LogP contribution in [-0.4, -0.2) is 57.9 Å². The van der Waals surface area contributed by atoms with Crippen molar-refractivity contribution in [1.29, 1.82) is 0 Å². The minimum Gasteiger partial charge on any atom is -0.480 e. The van der Waals surface area contributed by atoms with Gasteiger partial charge in [0.15, 0.2) is 0 Å². The Hall–Kier alpha value is -2.38. The number of benzene rings is 1. The Balaban J connectivity index is 2.13. The van der Waals surface area contributed by atoms with Crippen LogP contribution in [0.15, 0.2) is 24.4 Å². The predicted molar refractivity (Wildman–Crippen MR) is 82.6 cm³/mol. The van der Waals surface area contributed by atoms with Gasteiger partial charge >= 0.3 is 11.9 Å². The van der Waals surface area contributed by atoms with E-state index >= 15 is 0 Å². The van der Waals surface area contributed by atoms with E-state index in [0.29, 0.717) is 37.3 Å². The van der Waals surface area contributed by atoms with Crippen LogP contribution in [-0.2, 0) is 16.6 Å². The second-order valence-corrected chi connectivity index (χ2v) is 5.62. The molecule has 122 valence electrons. The van der Waals surface area contributed by atoms with Crippen molar-refractivity contribution in [3.63, 3.8) is 0 Å². The van der Waals surface area contributed by atoms with Gasteiger partial charge in [-0.25, -0.2) is 4.79 Å². The molecule has 0 radical (unpaired) electrons. The zero-order valence-electron chi connectivity index (χ0n) is 12.7. The maximum Gasteiger partial charge on any atom is 0.335 e. The average Bonchev–Trinajstić information content (AvgIpc) is 2.84. The van der Waals surface area contributed by atoms with Crippen molar-refractivity contribution in [2.75, 3.05) is 26.3 Å². The molecule has 1 aromatic carbocycles. The lowest BCUT2D eigenvalue weighted by Crippen LogP contribution is -2.42. The van der Waals surface area contributed by atoms with E-state index in [0.717, 1.165) is 5.52 Å². The molecule has 2 aromatic rings. The monoisotopic (exact) mass is 318 g/mol. The number of carboxylic acids is 2. The van der Waals surface area contributed by atoms with Gasteiger partial charge in [0.05, 0.1) is 18.8 Å². The number of aryl methyl sites for hydroxylation is 1. The van der Waals surface area contributed by atoms with Crippen LogP contribution in [0.1, 0.15) is 22.0 Å². The highest BCUT2D eigenvalue weighted by Crippen LogP contribution is 2.31. The minimum atomic E-state index is -1.03. The Labute approximate surface area is 132 Å². The molecular weight excluding hydrogens is 300 g/mol. The number of nitrogens with zero attached hydrogens (tertiary/aromatic N) is 2. The standard InChI is InChI=1S/C16H18N2O5/c1-17-9-12(11-8-10(15(19)20)2-3-13(11)17)14(16(21)22)18-4-6-23-7-5-18/h2-3,8-9,14H,4-7H2,1H3,(H,19,20)(H,21,22)/t14-/m1/s1. The third-order valence-electron chi connectivity index (χ3n) is 4.21. The summed E-state index contributed by atoms with van der Waals surface area (Å²) in [4.78, 5) is 24.9. The van der Waals surface area contributed by atoms with Gasteiger partial charge in [-0.15, -0.1) is 0 Å². The van der Waals surface area contributed by atoms with Gasteiger partial charge in [0.25, 0.3) is 0 Å². The lowest BCUT2D eigenvalue weighted by atomic mass is 10.0. The molecule has 7 heteroatoms. The van der Waals surface area contributed by atoms with E-state index in [9.17, 15) is 19.8 Å². The molecule has 1 aliphatic rings. The zero-order chi connectivity index (χ0) is 16.6. The van der Waals surface area contributed by atoms with Gasteiger partial charge in [-0.05, 0) is 18.2 Å². The molecule has 0 aliphatic carbocycles. The first-order chi connectivity index (χ1) is 11.0. The highest BCUT2D eigenvalue weighted by atomic mass is 16.5. The van der Waals surface area contributed by atoms with Crippen molar-refractivity contribution in [1.82, 2.24) is 9.47 Å². The molecular formula is C16H18N2O5. The molecule has 1 aromatic heterocycles. The molecule has 0 bridgehead atoms. The fourth-order valence-electron chi connectivity index (χ4n) is 3.10. The van der Waals surface area contributed by atoms with Crippen LogP contribution < -0.4 is 0 Å². The molecule has 1 atom stereocenters. The number of carbonyl (C=O) groups is 2. The number of hydrogen-bond acceptors (Lipinski definition) is 4. The molecule has 1 saturated heterocycles. The maximum atomic E-state index is 11.9. The number of aliphatic carboxylic acids is 1. The number of aromatic nitrogens is 1. The first-order valence-corrected chi connectivity index (χ1v) is 7.36. The average molecular weight is 318 g/mol. The number of hydrogen-bond donors (Lipinski definition) is 2. The van der Waals surface area contributed by atoms with Gasteiger partial charge in [0.2, 0.25) is 0 Å². The van der Waals surface area contributed by atoms with Gasteiger partial charge in [0.1, 0.15) is 6.04 Å². The summed E-state index contributed by atoms with van der Waals surface area (Å²) in [5, 5.41) is 19.6. The summed E-state index contributed by atoms with van der Waals surface area (Å²) in [7, 11) is 1.82. The molecule has 0 amide bonds. The molecule has 7 nitrogen and oxygen atoms in total. The predicted octanol–water partition coefficient (Wildman–Crippen LogP) is 1.33. The van der Waals surface area contributed by atoms with Crippen molar-refractivity contribution >= 4 is 22.8 Å². The van der Waals surface area contributed by atoms with E-state index in [4.69, 9.17) is 4.74 Å². The lowest BCUT2D eigenvalue weighted by Gasteiger charge is -2.31. The summed E-state index contributed by atoms with van der Waals surface area (Å²) < 4.78 is 7.12. The number of carboxylic acid groups (broad SMARTS) is 2. The fourth-order valence-corrected chi connectivity index (χ4v) is 3.10. The Kier molecular flexibility index (Phi) is 4.06. The number of morpholine rings is 1. The van der Waals surface area contributed by atoms with E-state index in [1.54, 1.807) is 18.3 Å². The minimum absolute atomic E-state index is 0.149. The summed E-state index contributed by atoms with van der Waals surface area (Å²) in [6.07, 6.45) is 1.77. The second-order valence-electron chi connectivity index (χ2n) is 5.62. The highest BCUT2D eigenvalue weighted by molar-refractivity contribution is 5.96. The fraction of sp³-hybridized carbons (Fsp3) is 0.375. The van der Waals surface area contributed by atoms with Gasteiger partial charge in [0, 0.05) is 42.8 Å². The van der Waals surface area contributed by atoms with Gasteiger partial charge < -0.3 is 19.5 Å². The summed E-state index contributed by atoms with van der Waals surface area (Å²) >= 11 is 0. The number of ether oxygens (including phenoxy) is 1. The summed E-state index contributed by atoms with van der Waals surface area (Å²) in [5.74, 6) is -1.97. The summed E-state index contributed by atoms with van der Waals surface area (Å²) in [5.41, 5.74) is 1.57. The van der Waals surface area contributed by atoms with E-state index in [1.165, 1.54) is 6.07 Å². The Morgan fingerprint density at radius 1 is 1.22 bits per heavy atom. The largest absolute Gasteiger partial charge is 0.480 e. The van der Waals surface area contributed by atoms with E-state index < -0.39 is 18.0 Å². The molecule has 2 heterocycles. The highest BCUT2D eigenvalue weighted by Gasteiger charge is 2.31. The normalized spacial score (nSPS) is 17.3. The van der Waals surface area contributed by atoms with Crippen LogP contribution in [0, 0.1) is 0 Å². The molecule has 1 aliphatic heterocycles. The van der Waals surface area contributed by atoms with E-state index in [2.05, 4.69) is 0 Å². The van der Waals surface area contributed by atoms with Gasteiger partial charge in [-0.1, -0.05) is 0 Å². The molecule has 0 saturated carbocycles. The quantitative estimate of drug-likeness (QED) is 0.884. The number of rotatable bonds is 4. The Morgan fingerprint density at radius 2 is 1.91 bits per heavy atom. The van der Waals surface area contributed by atoms with Crippen molar-refractivity contribution in [3.8, 4) is 0 Å². The molecule has 0 spiro atoms. The Bertz CT molecular complexity index is 761. The molecule has 1 fully saturated rings. The summed E-state index contributed by atoms with van der Waals surface area (Å²) in [6.45, 7) is 2.06. The van der Waals surface area contributed by atoms with Crippen LogP contribution >= 0.6 is 0 Å². The molecule has 3 rings (SSSR count). The van der Waals surface area contributed by atoms with Crippen LogP contribution in [0.5, 0.6) is 0 Å². The van der Waals surface area contributed by atoms with E-state index in [-0.39, 0.29) is 5.56 Å². The second kappa shape index (κ2) is 6.02. The maximum absolute atomic E-state index is 11.9. The molecule has 0 unspecified atom stereocenters. The molecule has 2 N–H and O–H groups in total. The van der Waals surface area contributed by atoms with E-state index in [1.807, 2.05) is 16.5 Å². The Morgan fingerprint density at radius 3 is 2.52 bits per heavy atom. The topological polar surface area (TPSA) is 92.0 Å². The smallest absolute Gasteiger partial charge is 0.335 e. The number of aromatic carboxylic acids is 1. The first kappa shape index (κ1) is 15.5. The molecule has 23 heavy (non-hydrogen) atoms. The third-order valence-corrected chi connectivity index (χ3v) is 4.21. The SMILES string of the molecule is Cn1cc([C@H](C(=O)O)N2CCOCC2)c2cc(C(=O)O)ccc21. The zero-order valence-corrected chi connectivity index (χ0v) is 12.7. The van der Waals surface area contributed by atoms with Crippen LogP contribution in [0.2, 0.25) is 0 Å². The summed E-state index contributed by atoms with van der Waals surface area (Å²) in [6, 6.07) is 3.97. The number of fused-ring (bicyclic) bond motifs is 1. The van der Waals surface area contributed by atoms with Gasteiger partial charge in [-0.2, -0.15) is 0 Å². The van der Waals surface area contributed by atoms with Crippen molar-refractivity contribution in [2.24, 2.45) is 7.05 Å². The van der Waals surface area contributed by atoms with Gasteiger partial charge in [-0.3, -0.25) is 9.69 Å². The van der Waals surface area contributed by atoms with Crippen molar-refractivity contribution < 1.29 is 24.5 Å². The van der Waals surface area contributed by atoms with Crippen molar-refractivity contribution in [2.45, 2.75) is 6.04 Å². The lowest BCUT2D eigenvalue weighted by molar-refractivity contribution is -0.145. The third kappa shape index (κ3) is 2.80. The van der Waals surface area contributed by atoms with Crippen LogP contribution in [0.25, 0.3) is 10.9 Å². The van der Waals surface area contributed by atoms with Crippen molar-refractivity contribution in [3.05, 3.63) is 35.5 Å². The van der Waals surface area contributed by atoms with Crippen LogP contribution in [0.3, 0.4) is 0 Å². The van der Waals surface area contributed by atoms with Crippen LogP contribution in [0.4, 0.5) is 0 Å². The first-order valence-electron chi connectivity index (χ1n) is 7.36.